The smallest absolute Gasteiger partial charge is 0.440 e. The Kier molecular flexibility index (Phi) is 9.10. The number of piperidine rings is 1. The lowest BCUT2D eigenvalue weighted by Gasteiger charge is -2.37. The lowest BCUT2D eigenvalue weighted by molar-refractivity contribution is -0.0500. The first kappa shape index (κ1) is 34.2. The van der Waals surface area contributed by atoms with E-state index in [-0.39, 0.29) is 28.4 Å². The second-order valence-corrected chi connectivity index (χ2v) is 14.4. The molecule has 1 aliphatic rings. The zero-order valence-corrected chi connectivity index (χ0v) is 27.9. The molecule has 1 fully saturated rings. The van der Waals surface area contributed by atoms with Crippen molar-refractivity contribution in [3.8, 4) is 17.0 Å². The van der Waals surface area contributed by atoms with Crippen LogP contribution in [0.25, 0.3) is 22.2 Å². The average molecular weight is 692 g/mol. The Balaban J connectivity index is 1.54. The van der Waals surface area contributed by atoms with Crippen LogP contribution in [0.4, 0.5) is 24.7 Å². The zero-order valence-electron chi connectivity index (χ0n) is 26.3. The number of pyridine rings is 1. The number of fused-ring (bicyclic) bond motifs is 1. The SMILES string of the molecule is Cc1cc([C@@H](C)Nc2cccnc2-c2cc(Cl)c(OS(=O)(=O)C(F)(F)F)c(C=O)c2)c2oc(N3CCC(C)(C)CC3)c(C)c(=O)c2c1. The van der Waals surface area contributed by atoms with Crippen molar-refractivity contribution in [1.82, 2.24) is 4.98 Å². The number of nitrogens with one attached hydrogen (secondary N) is 1. The predicted octanol–water partition coefficient (Wildman–Crippen LogP) is 7.97. The van der Waals surface area contributed by atoms with E-state index >= 15 is 0 Å². The quantitative estimate of drug-likeness (QED) is 0.111. The Morgan fingerprint density at radius 2 is 1.83 bits per heavy atom. The number of anilines is 2. The molecule has 1 atom stereocenters. The minimum absolute atomic E-state index is 0.115. The van der Waals surface area contributed by atoms with Gasteiger partial charge in [-0.05, 0) is 74.9 Å². The molecule has 2 aromatic carbocycles. The van der Waals surface area contributed by atoms with Gasteiger partial charge in [0.15, 0.2) is 17.5 Å². The molecule has 1 aliphatic heterocycles. The summed E-state index contributed by atoms with van der Waals surface area (Å²) in [5, 5.41) is 3.28. The second-order valence-electron chi connectivity index (χ2n) is 12.5. The molecule has 47 heavy (non-hydrogen) atoms. The maximum Gasteiger partial charge on any atom is 0.534 e. The molecule has 4 aromatic rings. The largest absolute Gasteiger partial charge is 0.534 e. The molecule has 0 bridgehead atoms. The number of hydrogen-bond acceptors (Lipinski definition) is 9. The van der Waals surface area contributed by atoms with E-state index in [0.717, 1.165) is 43.6 Å². The number of aldehydes is 1. The fraction of sp³-hybridized carbons (Fsp3) is 0.364. The molecule has 1 N–H and O–H groups in total. The fourth-order valence-electron chi connectivity index (χ4n) is 5.64. The summed E-state index contributed by atoms with van der Waals surface area (Å²) in [5.41, 5.74) is -2.71. The van der Waals surface area contributed by atoms with Crippen LogP contribution in [0.2, 0.25) is 5.02 Å². The summed E-state index contributed by atoms with van der Waals surface area (Å²) in [7, 11) is -6.09. The summed E-state index contributed by atoms with van der Waals surface area (Å²) in [6.45, 7) is 11.5. The number of alkyl halides is 3. The van der Waals surface area contributed by atoms with Crippen LogP contribution in [0, 0.1) is 19.3 Å². The summed E-state index contributed by atoms with van der Waals surface area (Å²) >= 11 is 6.17. The van der Waals surface area contributed by atoms with Crippen LogP contribution >= 0.6 is 11.6 Å². The monoisotopic (exact) mass is 691 g/mol. The topological polar surface area (TPSA) is 119 Å². The molecule has 0 aliphatic carbocycles. The Morgan fingerprint density at radius 1 is 1.15 bits per heavy atom. The Hall–Kier alpha value is -4.10. The Bertz CT molecular complexity index is 2040. The van der Waals surface area contributed by atoms with Gasteiger partial charge in [-0.3, -0.25) is 14.6 Å². The fourth-order valence-corrected chi connectivity index (χ4v) is 6.45. The first-order valence-electron chi connectivity index (χ1n) is 14.8. The van der Waals surface area contributed by atoms with E-state index in [1.807, 2.05) is 19.9 Å². The minimum Gasteiger partial charge on any atom is -0.440 e. The highest BCUT2D eigenvalue weighted by atomic mass is 35.5. The highest BCUT2D eigenvalue weighted by Gasteiger charge is 2.49. The van der Waals surface area contributed by atoms with Crippen LogP contribution in [-0.2, 0) is 10.1 Å². The summed E-state index contributed by atoms with van der Waals surface area (Å²) in [6, 6.07) is 8.91. The number of aryl methyl sites for hydroxylation is 1. The van der Waals surface area contributed by atoms with Crippen LogP contribution < -0.4 is 19.8 Å². The van der Waals surface area contributed by atoms with E-state index in [1.54, 1.807) is 25.1 Å². The van der Waals surface area contributed by atoms with Crippen molar-refractivity contribution in [2.75, 3.05) is 23.3 Å². The van der Waals surface area contributed by atoms with Crippen molar-refractivity contribution in [2.24, 2.45) is 5.41 Å². The number of benzene rings is 2. The first-order valence-corrected chi connectivity index (χ1v) is 16.6. The van der Waals surface area contributed by atoms with Gasteiger partial charge in [0.05, 0.1) is 39.0 Å². The summed E-state index contributed by atoms with van der Waals surface area (Å²) < 4.78 is 72.9. The van der Waals surface area contributed by atoms with Crippen LogP contribution in [0.5, 0.6) is 5.75 Å². The molecular formula is C33H33ClF3N3O6S. The lowest BCUT2D eigenvalue weighted by atomic mass is 9.82. The van der Waals surface area contributed by atoms with E-state index in [9.17, 15) is 31.2 Å². The Morgan fingerprint density at radius 3 is 2.47 bits per heavy atom. The standard InChI is InChI=1S/C33H33ClF3N3O6S/c1-18-13-23(30-24(14-18)28(42)19(2)31(45-30)40-11-8-32(4,5)9-12-40)20(3)39-26-7-6-10-38-27(26)21-15-22(17-41)29(25(34)16-21)46-47(43,44)33(35,36)37/h6-7,10,13-17,20,39H,8-9,11-12H2,1-5H3/t20-/m1/s1. The third-order valence-electron chi connectivity index (χ3n) is 8.37. The van der Waals surface area contributed by atoms with Gasteiger partial charge in [-0.15, -0.1) is 0 Å². The average Bonchev–Trinajstić information content (AvgIpc) is 2.99. The minimum atomic E-state index is -6.09. The molecule has 5 rings (SSSR count). The third-order valence-corrected chi connectivity index (χ3v) is 9.60. The van der Waals surface area contributed by atoms with E-state index in [4.69, 9.17) is 16.0 Å². The van der Waals surface area contributed by atoms with Crippen molar-refractivity contribution >= 4 is 50.5 Å². The van der Waals surface area contributed by atoms with Gasteiger partial charge in [-0.25, -0.2) is 0 Å². The van der Waals surface area contributed by atoms with E-state index < -0.39 is 38.0 Å². The number of hydrogen-bond donors (Lipinski definition) is 1. The lowest BCUT2D eigenvalue weighted by Crippen LogP contribution is -2.38. The van der Waals surface area contributed by atoms with Gasteiger partial charge in [0.1, 0.15) is 5.58 Å². The molecule has 0 unspecified atom stereocenters. The highest BCUT2D eigenvalue weighted by Crippen LogP contribution is 2.40. The molecule has 14 heteroatoms. The number of carbonyl (C=O) groups is 1. The van der Waals surface area contributed by atoms with Gasteiger partial charge in [0.2, 0.25) is 5.88 Å². The zero-order chi connectivity index (χ0) is 34.5. The normalized spacial score (nSPS) is 15.8. The Labute approximate surface area is 274 Å². The van der Waals surface area contributed by atoms with Gasteiger partial charge in [0, 0.05) is 30.4 Å². The molecule has 3 heterocycles. The number of rotatable bonds is 8. The second kappa shape index (κ2) is 12.5. The molecule has 2 aromatic heterocycles. The first-order chi connectivity index (χ1) is 21.9. The van der Waals surface area contributed by atoms with Crippen molar-refractivity contribution in [1.29, 1.82) is 0 Å². The van der Waals surface area contributed by atoms with Gasteiger partial charge in [-0.2, -0.15) is 21.6 Å². The maximum atomic E-state index is 13.6. The van der Waals surface area contributed by atoms with Gasteiger partial charge >= 0.3 is 15.6 Å². The molecule has 0 radical (unpaired) electrons. The molecular weight excluding hydrogens is 659 g/mol. The molecule has 0 spiro atoms. The summed E-state index contributed by atoms with van der Waals surface area (Å²) in [6.07, 6.45) is 3.52. The van der Waals surface area contributed by atoms with Crippen LogP contribution in [0.15, 0.2) is 51.8 Å². The van der Waals surface area contributed by atoms with E-state index in [0.29, 0.717) is 33.7 Å². The highest BCUT2D eigenvalue weighted by molar-refractivity contribution is 7.88. The number of halogens is 4. The van der Waals surface area contributed by atoms with E-state index in [1.165, 1.54) is 6.20 Å². The van der Waals surface area contributed by atoms with Gasteiger partial charge in [0.25, 0.3) is 0 Å². The molecule has 250 valence electrons. The van der Waals surface area contributed by atoms with Crippen molar-refractivity contribution in [2.45, 2.75) is 59.0 Å². The van der Waals surface area contributed by atoms with Crippen molar-refractivity contribution < 1.29 is 35.0 Å². The molecule has 0 amide bonds. The van der Waals surface area contributed by atoms with Gasteiger partial charge < -0.3 is 18.8 Å². The maximum absolute atomic E-state index is 13.6. The van der Waals surface area contributed by atoms with Crippen LogP contribution in [0.1, 0.15) is 66.7 Å². The predicted molar refractivity (Wildman–Crippen MR) is 175 cm³/mol. The van der Waals surface area contributed by atoms with Crippen molar-refractivity contribution in [3.05, 3.63) is 80.1 Å². The van der Waals surface area contributed by atoms with E-state index in [2.05, 4.69) is 33.2 Å². The summed E-state index contributed by atoms with van der Waals surface area (Å²) in [5.74, 6) is -0.408. The van der Waals surface area contributed by atoms with Crippen LogP contribution in [0.3, 0.4) is 0 Å². The van der Waals surface area contributed by atoms with Crippen LogP contribution in [-0.4, -0.2) is 38.3 Å². The third kappa shape index (κ3) is 6.82. The van der Waals surface area contributed by atoms with Gasteiger partial charge in [-0.1, -0.05) is 31.5 Å². The van der Waals surface area contributed by atoms with Crippen molar-refractivity contribution in [3.63, 3.8) is 0 Å². The summed E-state index contributed by atoms with van der Waals surface area (Å²) in [4.78, 5) is 32.0. The molecule has 1 saturated heterocycles. The number of nitrogens with zero attached hydrogens (tertiary/aromatic N) is 2. The molecule has 9 nitrogen and oxygen atoms in total. The number of carbonyl (C=O) groups excluding carboxylic acids is 1. The molecule has 0 saturated carbocycles. The number of aromatic nitrogens is 1.